The molecule has 1 aromatic heterocycles. The summed E-state index contributed by atoms with van der Waals surface area (Å²) in [6.07, 6.45) is 11.8. The summed E-state index contributed by atoms with van der Waals surface area (Å²) in [5.74, 6) is 3.64. The van der Waals surface area contributed by atoms with Crippen molar-refractivity contribution >= 4 is 11.8 Å². The fourth-order valence-electron chi connectivity index (χ4n) is 5.94. The number of benzene rings is 1. The first kappa shape index (κ1) is 14.2. The summed E-state index contributed by atoms with van der Waals surface area (Å²) in [5, 5.41) is 5.07. The molecule has 4 aliphatic carbocycles. The quantitative estimate of drug-likeness (QED) is 0.789. The highest BCUT2D eigenvalue weighted by Crippen LogP contribution is 2.64. The fourth-order valence-corrected chi connectivity index (χ4v) is 7.28. The summed E-state index contributed by atoms with van der Waals surface area (Å²) < 4.78 is 2.35. The molecule has 120 valence electrons. The fraction of sp³-hybridized carbons (Fsp3) is 0.550. The summed E-state index contributed by atoms with van der Waals surface area (Å²) in [4.78, 5) is 0.209. The van der Waals surface area contributed by atoms with E-state index in [4.69, 9.17) is 5.10 Å². The second-order valence-corrected chi connectivity index (χ2v) is 8.83. The molecule has 3 heteroatoms. The Hall–Kier alpha value is -1.22. The van der Waals surface area contributed by atoms with Crippen LogP contribution in [0.25, 0.3) is 11.3 Å². The second-order valence-electron chi connectivity index (χ2n) is 7.77. The Morgan fingerprint density at radius 3 is 2.22 bits per heavy atom. The van der Waals surface area contributed by atoms with Gasteiger partial charge in [0.05, 0.1) is 5.69 Å². The summed E-state index contributed by atoms with van der Waals surface area (Å²) >= 11 is 2.07. The summed E-state index contributed by atoms with van der Waals surface area (Å²) in [5.41, 5.74) is 2.35. The molecule has 4 fully saturated rings. The van der Waals surface area contributed by atoms with Crippen LogP contribution in [0.2, 0.25) is 0 Å². The molecule has 0 unspecified atom stereocenters. The molecule has 0 aliphatic heterocycles. The van der Waals surface area contributed by atoms with Crippen LogP contribution in [0.4, 0.5) is 0 Å². The monoisotopic (exact) mass is 324 g/mol. The molecule has 23 heavy (non-hydrogen) atoms. The van der Waals surface area contributed by atoms with Gasteiger partial charge in [0.1, 0.15) is 4.87 Å². The van der Waals surface area contributed by atoms with Gasteiger partial charge in [0.25, 0.3) is 0 Å². The lowest BCUT2D eigenvalue weighted by atomic mass is 9.53. The van der Waals surface area contributed by atoms with Crippen LogP contribution in [0.15, 0.2) is 42.6 Å². The minimum atomic E-state index is 0.209. The predicted octanol–water partition coefficient (Wildman–Crippen LogP) is 5.02. The van der Waals surface area contributed by atoms with Gasteiger partial charge in [0.2, 0.25) is 0 Å². The van der Waals surface area contributed by atoms with Gasteiger partial charge in [-0.25, -0.2) is 0 Å². The van der Waals surface area contributed by atoms with Crippen molar-refractivity contribution < 1.29 is 0 Å². The molecule has 2 aromatic rings. The molecule has 0 spiro atoms. The third-order valence-electron chi connectivity index (χ3n) is 6.65. The number of hydrogen-bond donors (Lipinski definition) is 0. The molecule has 4 aliphatic rings. The molecule has 0 saturated heterocycles. The number of hydrogen-bond acceptors (Lipinski definition) is 2. The highest BCUT2D eigenvalue weighted by atomic mass is 32.2. The van der Waals surface area contributed by atoms with E-state index >= 15 is 0 Å². The van der Waals surface area contributed by atoms with E-state index < -0.39 is 0 Å². The smallest absolute Gasteiger partial charge is 0.113 e. The van der Waals surface area contributed by atoms with Gasteiger partial charge < -0.3 is 0 Å². The van der Waals surface area contributed by atoms with Crippen molar-refractivity contribution in [3.63, 3.8) is 0 Å². The average molecular weight is 324 g/mol. The number of nitrogens with zero attached hydrogens (tertiary/aromatic N) is 2. The van der Waals surface area contributed by atoms with Crippen LogP contribution in [0.5, 0.6) is 0 Å². The lowest BCUT2D eigenvalue weighted by molar-refractivity contribution is -0.0530. The highest BCUT2D eigenvalue weighted by Gasteiger charge is 2.58. The van der Waals surface area contributed by atoms with Crippen molar-refractivity contribution in [3.05, 3.63) is 42.6 Å². The van der Waals surface area contributed by atoms with Crippen LogP contribution in [-0.4, -0.2) is 16.0 Å². The zero-order valence-corrected chi connectivity index (χ0v) is 14.5. The second kappa shape index (κ2) is 5.14. The Bertz CT molecular complexity index is 677. The number of aromatic nitrogens is 2. The maximum absolute atomic E-state index is 5.07. The average Bonchev–Trinajstić information content (AvgIpc) is 3.06. The first-order valence-electron chi connectivity index (χ1n) is 8.96. The Morgan fingerprint density at radius 2 is 1.61 bits per heavy atom. The van der Waals surface area contributed by atoms with Gasteiger partial charge in [-0.15, -0.1) is 11.8 Å². The molecule has 4 saturated carbocycles. The molecule has 0 radical (unpaired) electrons. The molecule has 1 heterocycles. The maximum atomic E-state index is 5.07. The van der Waals surface area contributed by atoms with Gasteiger partial charge in [-0.2, -0.15) is 5.10 Å². The van der Waals surface area contributed by atoms with Gasteiger partial charge in [-0.1, -0.05) is 30.3 Å². The third-order valence-corrected chi connectivity index (χ3v) is 8.16. The van der Waals surface area contributed by atoms with Crippen molar-refractivity contribution in [2.24, 2.45) is 23.7 Å². The van der Waals surface area contributed by atoms with Crippen molar-refractivity contribution in [1.82, 2.24) is 9.78 Å². The molecule has 0 amide bonds. The van der Waals surface area contributed by atoms with Crippen molar-refractivity contribution in [1.29, 1.82) is 0 Å². The zero-order valence-electron chi connectivity index (χ0n) is 13.7. The summed E-state index contributed by atoms with van der Waals surface area (Å²) in [6.45, 7) is 0. The standard InChI is InChI=1S/C20H24N2S/c1-23-20(17-10-14-9-15(12-17)13-18(20)11-14)22-8-7-19(21-22)16-5-3-2-4-6-16/h2-8,14-15,17-18H,9-13H2,1H3. The molecule has 0 N–H and O–H groups in total. The van der Waals surface area contributed by atoms with E-state index in [1.54, 1.807) is 0 Å². The number of thioether (sulfide) groups is 1. The molecule has 0 atom stereocenters. The molecular weight excluding hydrogens is 300 g/mol. The van der Waals surface area contributed by atoms with Crippen LogP contribution >= 0.6 is 11.8 Å². The van der Waals surface area contributed by atoms with Gasteiger partial charge in [-0.3, -0.25) is 4.68 Å². The minimum Gasteiger partial charge on any atom is -0.255 e. The SMILES string of the molecule is CSC1(n2ccc(-c3ccccc3)n2)C2CC3CC(C2)CC1C3. The molecule has 4 bridgehead atoms. The Balaban J connectivity index is 1.56. The van der Waals surface area contributed by atoms with E-state index in [2.05, 4.69) is 65.3 Å². The highest BCUT2D eigenvalue weighted by molar-refractivity contribution is 7.99. The molecule has 6 rings (SSSR count). The van der Waals surface area contributed by atoms with Crippen LogP contribution in [0.1, 0.15) is 32.1 Å². The predicted molar refractivity (Wildman–Crippen MR) is 96.2 cm³/mol. The maximum Gasteiger partial charge on any atom is 0.113 e. The van der Waals surface area contributed by atoms with Crippen LogP contribution in [0, 0.1) is 23.7 Å². The van der Waals surface area contributed by atoms with Crippen LogP contribution in [-0.2, 0) is 4.87 Å². The van der Waals surface area contributed by atoms with E-state index in [1.807, 2.05) is 0 Å². The van der Waals surface area contributed by atoms with Crippen LogP contribution < -0.4 is 0 Å². The largest absolute Gasteiger partial charge is 0.255 e. The van der Waals surface area contributed by atoms with E-state index in [0.29, 0.717) is 0 Å². The van der Waals surface area contributed by atoms with Gasteiger partial charge in [0, 0.05) is 11.8 Å². The van der Waals surface area contributed by atoms with E-state index in [0.717, 1.165) is 29.4 Å². The minimum absolute atomic E-state index is 0.209. The van der Waals surface area contributed by atoms with Crippen LogP contribution in [0.3, 0.4) is 0 Å². The molecular formula is C20H24N2S. The van der Waals surface area contributed by atoms with E-state index in [-0.39, 0.29) is 4.87 Å². The topological polar surface area (TPSA) is 17.8 Å². The normalized spacial score (nSPS) is 38.1. The Morgan fingerprint density at radius 1 is 0.957 bits per heavy atom. The summed E-state index contributed by atoms with van der Waals surface area (Å²) in [6, 6.07) is 12.8. The van der Waals surface area contributed by atoms with E-state index in [9.17, 15) is 0 Å². The van der Waals surface area contributed by atoms with Gasteiger partial charge >= 0.3 is 0 Å². The molecule has 1 aromatic carbocycles. The van der Waals surface area contributed by atoms with Gasteiger partial charge in [-0.05, 0) is 68.1 Å². The van der Waals surface area contributed by atoms with Crippen molar-refractivity contribution in [2.75, 3.05) is 6.26 Å². The van der Waals surface area contributed by atoms with Crippen molar-refractivity contribution in [2.45, 2.75) is 37.0 Å². The lowest BCUT2D eigenvalue weighted by Gasteiger charge is -2.60. The molecule has 2 nitrogen and oxygen atoms in total. The Labute approximate surface area is 142 Å². The Kier molecular flexibility index (Phi) is 3.16. The van der Waals surface area contributed by atoms with E-state index in [1.165, 1.54) is 37.7 Å². The third kappa shape index (κ3) is 1.98. The van der Waals surface area contributed by atoms with Gasteiger partial charge in [0.15, 0.2) is 0 Å². The zero-order chi connectivity index (χ0) is 15.4. The lowest BCUT2D eigenvalue weighted by Crippen LogP contribution is -2.56. The number of rotatable bonds is 3. The summed E-state index contributed by atoms with van der Waals surface area (Å²) in [7, 11) is 0. The first-order chi connectivity index (χ1) is 11.3. The first-order valence-corrected chi connectivity index (χ1v) is 10.2. The van der Waals surface area contributed by atoms with Crippen molar-refractivity contribution in [3.8, 4) is 11.3 Å².